The quantitative estimate of drug-likeness (QED) is 0.306. The van der Waals surface area contributed by atoms with Gasteiger partial charge in [0.15, 0.2) is 0 Å². The minimum atomic E-state index is -1.59. The van der Waals surface area contributed by atoms with Crippen molar-refractivity contribution in [2.45, 2.75) is 36.8 Å². The number of carbonyl (C=O) groups excluding carboxylic acids is 2. The van der Waals surface area contributed by atoms with E-state index in [1.807, 2.05) is 17.6 Å². The molecule has 198 valence electrons. The van der Waals surface area contributed by atoms with Crippen molar-refractivity contribution >= 4 is 63.1 Å². The van der Waals surface area contributed by atoms with Crippen LogP contribution in [0.25, 0.3) is 10.9 Å². The summed E-state index contributed by atoms with van der Waals surface area (Å²) in [5.74, 6) is -0.241. The van der Waals surface area contributed by atoms with E-state index in [1.54, 1.807) is 37.4 Å². The first-order chi connectivity index (χ1) is 17.7. The van der Waals surface area contributed by atoms with Crippen LogP contribution in [0.1, 0.15) is 30.0 Å². The van der Waals surface area contributed by atoms with Gasteiger partial charge in [-0.2, -0.15) is 0 Å². The molecule has 2 heterocycles. The van der Waals surface area contributed by atoms with E-state index >= 15 is 0 Å². The highest BCUT2D eigenvalue weighted by molar-refractivity contribution is 7.85. The predicted molar refractivity (Wildman–Crippen MR) is 144 cm³/mol. The zero-order valence-corrected chi connectivity index (χ0v) is 22.8. The second-order valence-corrected chi connectivity index (χ2v) is 11.1. The van der Waals surface area contributed by atoms with Gasteiger partial charge in [-0.3, -0.25) is 18.7 Å². The maximum Gasteiger partial charge on any atom is 0.319 e. The highest BCUT2D eigenvalue weighted by Gasteiger charge is 2.25. The molecule has 1 saturated heterocycles. The van der Waals surface area contributed by atoms with Gasteiger partial charge in [-0.25, -0.2) is 0 Å². The molecule has 0 bridgehead atoms. The lowest BCUT2D eigenvalue weighted by molar-refractivity contribution is -0.149. The molecule has 0 unspecified atom stereocenters. The number of aryl methyl sites for hydroxylation is 2. The number of benzene rings is 2. The molecular formula is C26H28Cl2N2O6S. The van der Waals surface area contributed by atoms with Gasteiger partial charge in [0.2, 0.25) is 6.41 Å². The number of halogens is 2. The van der Waals surface area contributed by atoms with Crippen LogP contribution in [-0.2, 0) is 36.9 Å². The summed E-state index contributed by atoms with van der Waals surface area (Å²) in [5.41, 5.74) is 2.23. The topological polar surface area (TPSA) is 98.1 Å². The van der Waals surface area contributed by atoms with Gasteiger partial charge >= 0.3 is 5.97 Å². The van der Waals surface area contributed by atoms with Gasteiger partial charge in [0.25, 0.3) is 0 Å². The number of aliphatic hydroxyl groups excluding tert-OH is 1. The number of aliphatic hydroxyl groups is 1. The molecule has 0 saturated carbocycles. The molecule has 1 N–H and O–H groups in total. The van der Waals surface area contributed by atoms with Crippen LogP contribution in [0.3, 0.4) is 0 Å². The molecule has 11 heteroatoms. The molecule has 0 aliphatic carbocycles. The SMILES string of the molecule is Cc1cc2c(cc(N(C=O)[C@H](CO)c3ccc([S@@](=O)CC(=O)OC4CCOCC4)cc3)n2C)c(Cl)c1Cl. The maximum atomic E-state index is 12.7. The average Bonchev–Trinajstić information content (AvgIpc) is 3.22. The summed E-state index contributed by atoms with van der Waals surface area (Å²) in [5, 5.41) is 11.8. The normalized spacial score (nSPS) is 15.9. The van der Waals surface area contributed by atoms with Gasteiger partial charge < -0.3 is 19.1 Å². The van der Waals surface area contributed by atoms with E-state index in [9.17, 15) is 18.9 Å². The lowest BCUT2D eigenvalue weighted by Crippen LogP contribution is -2.31. The lowest BCUT2D eigenvalue weighted by atomic mass is 10.1. The number of carbonyl (C=O) groups is 2. The maximum absolute atomic E-state index is 12.7. The Balaban J connectivity index is 1.52. The number of hydrogen-bond donors (Lipinski definition) is 1. The lowest BCUT2D eigenvalue weighted by Gasteiger charge is -2.27. The van der Waals surface area contributed by atoms with Crippen molar-refractivity contribution in [1.82, 2.24) is 4.57 Å². The van der Waals surface area contributed by atoms with Crippen LogP contribution < -0.4 is 4.90 Å². The minimum absolute atomic E-state index is 0.204. The molecule has 1 aliphatic heterocycles. The first-order valence-electron chi connectivity index (χ1n) is 11.8. The Morgan fingerprint density at radius 1 is 1.24 bits per heavy atom. The number of anilines is 1. The molecule has 8 nitrogen and oxygen atoms in total. The Morgan fingerprint density at radius 3 is 2.54 bits per heavy atom. The van der Waals surface area contributed by atoms with Crippen molar-refractivity contribution in [3.8, 4) is 0 Å². The highest BCUT2D eigenvalue weighted by atomic mass is 35.5. The van der Waals surface area contributed by atoms with Gasteiger partial charge in [0, 0.05) is 30.2 Å². The second-order valence-electron chi connectivity index (χ2n) is 8.89. The van der Waals surface area contributed by atoms with Crippen molar-refractivity contribution in [3.05, 3.63) is 57.6 Å². The van der Waals surface area contributed by atoms with E-state index in [-0.39, 0.29) is 18.5 Å². The largest absolute Gasteiger partial charge is 0.461 e. The van der Waals surface area contributed by atoms with Gasteiger partial charge in [-0.05, 0) is 42.3 Å². The van der Waals surface area contributed by atoms with E-state index in [0.717, 1.165) is 11.1 Å². The summed E-state index contributed by atoms with van der Waals surface area (Å²) in [6.45, 7) is 2.59. The zero-order valence-electron chi connectivity index (χ0n) is 20.5. The fourth-order valence-corrected chi connectivity index (χ4v) is 5.79. The average molecular weight is 567 g/mol. The van der Waals surface area contributed by atoms with Crippen molar-refractivity contribution in [1.29, 1.82) is 0 Å². The Morgan fingerprint density at radius 2 is 1.92 bits per heavy atom. The fraction of sp³-hybridized carbons (Fsp3) is 0.385. The predicted octanol–water partition coefficient (Wildman–Crippen LogP) is 4.32. The minimum Gasteiger partial charge on any atom is -0.461 e. The first-order valence-corrected chi connectivity index (χ1v) is 13.9. The summed E-state index contributed by atoms with van der Waals surface area (Å²) < 4.78 is 25.2. The Bertz CT molecular complexity index is 1320. The van der Waals surface area contributed by atoms with Crippen molar-refractivity contribution in [3.63, 3.8) is 0 Å². The zero-order chi connectivity index (χ0) is 26.7. The number of aromatic nitrogens is 1. The summed E-state index contributed by atoms with van der Waals surface area (Å²) in [6.07, 6.45) is 1.72. The van der Waals surface area contributed by atoms with Gasteiger partial charge in [-0.15, -0.1) is 0 Å². The van der Waals surface area contributed by atoms with Gasteiger partial charge in [-0.1, -0.05) is 35.3 Å². The van der Waals surface area contributed by atoms with Crippen molar-refractivity contribution in [2.24, 2.45) is 7.05 Å². The monoisotopic (exact) mass is 566 g/mol. The molecule has 0 radical (unpaired) electrons. The Hall–Kier alpha value is -2.43. The number of hydrogen-bond acceptors (Lipinski definition) is 6. The number of esters is 1. The van der Waals surface area contributed by atoms with E-state index in [2.05, 4.69) is 0 Å². The molecule has 1 aliphatic rings. The third-order valence-electron chi connectivity index (χ3n) is 6.51. The van der Waals surface area contributed by atoms with Crippen LogP contribution in [0.15, 0.2) is 41.3 Å². The third kappa shape index (κ3) is 5.86. The van der Waals surface area contributed by atoms with Gasteiger partial charge in [0.05, 0.1) is 52.2 Å². The van der Waals surface area contributed by atoms with E-state index in [4.69, 9.17) is 32.7 Å². The molecule has 1 fully saturated rings. The second kappa shape index (κ2) is 12.0. The molecule has 2 atom stereocenters. The van der Waals surface area contributed by atoms with Crippen LogP contribution in [0, 0.1) is 6.92 Å². The third-order valence-corrected chi connectivity index (χ3v) is 8.79. The molecule has 1 aromatic heterocycles. The van der Waals surface area contributed by atoms with Crippen molar-refractivity contribution in [2.75, 3.05) is 30.5 Å². The molecular weight excluding hydrogens is 539 g/mol. The highest BCUT2D eigenvalue weighted by Crippen LogP contribution is 2.38. The number of ether oxygens (including phenoxy) is 2. The summed E-state index contributed by atoms with van der Waals surface area (Å²) >= 11 is 12.8. The fourth-order valence-electron chi connectivity index (χ4n) is 4.45. The van der Waals surface area contributed by atoms with Gasteiger partial charge in [0.1, 0.15) is 17.7 Å². The molecule has 0 spiro atoms. The molecule has 3 aromatic rings. The van der Waals surface area contributed by atoms with Crippen LogP contribution in [0.4, 0.5) is 5.82 Å². The number of nitrogens with zero attached hydrogens (tertiary/aromatic N) is 2. The van der Waals surface area contributed by atoms with E-state index < -0.39 is 22.8 Å². The van der Waals surface area contributed by atoms with Crippen molar-refractivity contribution < 1.29 is 28.4 Å². The van der Waals surface area contributed by atoms with Crippen LogP contribution in [0.5, 0.6) is 0 Å². The molecule has 2 aromatic carbocycles. The summed E-state index contributed by atoms with van der Waals surface area (Å²) in [4.78, 5) is 26.3. The number of amides is 1. The van der Waals surface area contributed by atoms with Crippen LogP contribution >= 0.6 is 23.2 Å². The molecule has 4 rings (SSSR count). The van der Waals surface area contributed by atoms with Crippen LogP contribution in [-0.4, -0.2) is 57.9 Å². The number of fused-ring (bicyclic) bond motifs is 1. The summed E-state index contributed by atoms with van der Waals surface area (Å²) in [7, 11) is 0.210. The molecule has 1 amide bonds. The number of rotatable bonds is 9. The van der Waals surface area contributed by atoms with E-state index in [0.29, 0.717) is 64.2 Å². The first kappa shape index (κ1) is 27.6. The van der Waals surface area contributed by atoms with Crippen LogP contribution in [0.2, 0.25) is 10.0 Å². The summed E-state index contributed by atoms with van der Waals surface area (Å²) in [6, 6.07) is 9.56. The smallest absolute Gasteiger partial charge is 0.319 e. The van der Waals surface area contributed by atoms with E-state index in [1.165, 1.54) is 4.90 Å². The Kier molecular flexibility index (Phi) is 8.92. The standard InChI is InChI=1S/C26H28Cl2N2O6S/c1-16-11-21-20(26(28)25(16)27)12-23(29(21)2)30(15-32)22(13-31)17-3-5-19(6-4-17)37(34)14-24(33)36-18-7-9-35-10-8-18/h3-6,11-12,15,18,22,31H,7-10,13-14H2,1-2H3/t22-,37+/m1/s1. The Labute approximate surface area is 227 Å². The molecule has 37 heavy (non-hydrogen) atoms.